The molecule has 3 N–H and O–H groups in total. The topological polar surface area (TPSA) is 75.7 Å². The Morgan fingerprint density at radius 3 is 2.57 bits per heavy atom. The second kappa shape index (κ2) is 7.51. The van der Waals surface area contributed by atoms with Gasteiger partial charge in [-0.3, -0.25) is 5.41 Å². The Bertz CT molecular complexity index is 792. The molecule has 5 heteroatoms. The first-order chi connectivity index (χ1) is 11.1. The predicted octanol–water partition coefficient (Wildman–Crippen LogP) is 4.44. The summed E-state index contributed by atoms with van der Waals surface area (Å²) in [5, 5.41) is 16.8. The molecule has 1 aromatic heterocycles. The SMILES string of the molecule is C=C/C=C\C(=C/C)C(=N)c1c(N)nnc(-c2ccccc2)c1Cl. The fourth-order valence-corrected chi connectivity index (χ4v) is 2.43. The molecule has 0 bridgehead atoms. The van der Waals surface area contributed by atoms with E-state index in [4.69, 9.17) is 22.7 Å². The van der Waals surface area contributed by atoms with E-state index < -0.39 is 0 Å². The van der Waals surface area contributed by atoms with Crippen molar-refractivity contribution < 1.29 is 0 Å². The Morgan fingerprint density at radius 2 is 1.96 bits per heavy atom. The average molecular weight is 325 g/mol. The van der Waals surface area contributed by atoms with Crippen molar-refractivity contribution in [3.05, 3.63) is 77.4 Å². The summed E-state index contributed by atoms with van der Waals surface area (Å²) in [6, 6.07) is 9.45. The van der Waals surface area contributed by atoms with E-state index in [2.05, 4.69) is 16.8 Å². The molecule has 0 amide bonds. The van der Waals surface area contributed by atoms with E-state index >= 15 is 0 Å². The lowest BCUT2D eigenvalue weighted by Crippen LogP contribution is -2.10. The molecule has 1 aromatic carbocycles. The molecule has 0 spiro atoms. The molecule has 0 fully saturated rings. The summed E-state index contributed by atoms with van der Waals surface area (Å²) < 4.78 is 0. The minimum absolute atomic E-state index is 0.131. The normalized spacial score (nSPS) is 11.7. The summed E-state index contributed by atoms with van der Waals surface area (Å²) in [6.07, 6.45) is 6.97. The smallest absolute Gasteiger partial charge is 0.157 e. The summed E-state index contributed by atoms with van der Waals surface area (Å²) in [7, 11) is 0. The molecular weight excluding hydrogens is 308 g/mol. The van der Waals surface area contributed by atoms with Crippen molar-refractivity contribution in [2.75, 3.05) is 5.73 Å². The first-order valence-electron chi connectivity index (χ1n) is 7.02. The summed E-state index contributed by atoms with van der Waals surface area (Å²) in [6.45, 7) is 5.47. The van der Waals surface area contributed by atoms with Gasteiger partial charge >= 0.3 is 0 Å². The molecule has 23 heavy (non-hydrogen) atoms. The molecule has 116 valence electrons. The van der Waals surface area contributed by atoms with E-state index in [0.29, 0.717) is 21.9 Å². The van der Waals surface area contributed by atoms with Gasteiger partial charge in [0.15, 0.2) is 5.82 Å². The fourth-order valence-electron chi connectivity index (χ4n) is 2.09. The predicted molar refractivity (Wildman–Crippen MR) is 96.8 cm³/mol. The highest BCUT2D eigenvalue weighted by Gasteiger charge is 2.19. The van der Waals surface area contributed by atoms with Crippen LogP contribution in [0.2, 0.25) is 5.02 Å². The molecule has 2 aromatic rings. The number of aromatic nitrogens is 2. The first kappa shape index (κ1) is 16.6. The van der Waals surface area contributed by atoms with Crippen molar-refractivity contribution >= 4 is 23.1 Å². The number of nitrogens with zero attached hydrogens (tertiary/aromatic N) is 2. The molecule has 0 saturated carbocycles. The number of halogens is 1. The van der Waals surface area contributed by atoms with Crippen molar-refractivity contribution in [3.8, 4) is 11.3 Å². The monoisotopic (exact) mass is 324 g/mol. The molecular formula is C18H17ClN4. The van der Waals surface area contributed by atoms with Gasteiger partial charge in [0.25, 0.3) is 0 Å². The van der Waals surface area contributed by atoms with Gasteiger partial charge in [0.2, 0.25) is 0 Å². The van der Waals surface area contributed by atoms with Gasteiger partial charge in [-0.05, 0) is 12.5 Å². The van der Waals surface area contributed by atoms with E-state index in [1.54, 1.807) is 24.3 Å². The number of anilines is 1. The summed E-state index contributed by atoms with van der Waals surface area (Å²) in [4.78, 5) is 0. The Balaban J connectivity index is 2.57. The third kappa shape index (κ3) is 3.55. The number of hydrogen-bond acceptors (Lipinski definition) is 4. The first-order valence-corrected chi connectivity index (χ1v) is 7.39. The van der Waals surface area contributed by atoms with Gasteiger partial charge in [0.05, 0.1) is 16.3 Å². The summed E-state index contributed by atoms with van der Waals surface area (Å²) >= 11 is 6.48. The Hall–Kier alpha value is -2.72. The second-order valence-corrected chi connectivity index (χ2v) is 5.08. The minimum atomic E-state index is 0.131. The Morgan fingerprint density at radius 1 is 1.26 bits per heavy atom. The highest BCUT2D eigenvalue weighted by Crippen LogP contribution is 2.32. The molecule has 0 atom stereocenters. The lowest BCUT2D eigenvalue weighted by Gasteiger charge is -2.12. The number of nitrogen functional groups attached to an aromatic ring is 1. The zero-order valence-electron chi connectivity index (χ0n) is 12.8. The summed E-state index contributed by atoms with van der Waals surface area (Å²) in [5.74, 6) is 0.131. The molecule has 0 aliphatic rings. The van der Waals surface area contributed by atoms with Crippen LogP contribution >= 0.6 is 11.6 Å². The lowest BCUT2D eigenvalue weighted by molar-refractivity contribution is 1.04. The Kier molecular flexibility index (Phi) is 5.44. The number of rotatable bonds is 5. The van der Waals surface area contributed by atoms with Crippen LogP contribution in [0.1, 0.15) is 12.5 Å². The number of nitrogens with one attached hydrogen (secondary N) is 1. The van der Waals surface area contributed by atoms with Crippen LogP contribution < -0.4 is 5.73 Å². The maximum atomic E-state index is 8.42. The average Bonchev–Trinajstić information content (AvgIpc) is 2.56. The number of nitrogens with two attached hydrogens (primary N) is 1. The van der Waals surface area contributed by atoms with E-state index in [-0.39, 0.29) is 11.5 Å². The molecule has 0 aliphatic carbocycles. The van der Waals surface area contributed by atoms with Gasteiger partial charge in [-0.15, -0.1) is 10.2 Å². The van der Waals surface area contributed by atoms with E-state index in [1.807, 2.05) is 37.3 Å². The highest BCUT2D eigenvalue weighted by molar-refractivity contribution is 6.38. The maximum absolute atomic E-state index is 8.42. The highest BCUT2D eigenvalue weighted by atomic mass is 35.5. The van der Waals surface area contributed by atoms with Crippen LogP contribution in [-0.4, -0.2) is 15.9 Å². The maximum Gasteiger partial charge on any atom is 0.157 e. The van der Waals surface area contributed by atoms with Crippen LogP contribution in [0.25, 0.3) is 11.3 Å². The van der Waals surface area contributed by atoms with Crippen LogP contribution in [0.5, 0.6) is 0 Å². The van der Waals surface area contributed by atoms with Crippen LogP contribution in [0.15, 0.2) is 66.8 Å². The van der Waals surface area contributed by atoms with Crippen molar-refractivity contribution in [2.45, 2.75) is 6.92 Å². The van der Waals surface area contributed by atoms with E-state index in [1.165, 1.54) is 0 Å². The zero-order chi connectivity index (χ0) is 16.8. The van der Waals surface area contributed by atoms with E-state index in [9.17, 15) is 0 Å². The van der Waals surface area contributed by atoms with E-state index in [0.717, 1.165) is 5.56 Å². The standard InChI is InChI=1S/C18H17ClN4/c1-3-5-9-12(4-2)16(20)14-15(19)17(22-23-18(14)21)13-10-7-6-8-11-13/h3-11,20H,1H2,2H3,(H2,21,23)/b9-5-,12-4+,20-16?. The van der Waals surface area contributed by atoms with Crippen molar-refractivity contribution in [3.63, 3.8) is 0 Å². The number of allylic oxidation sites excluding steroid dienone is 5. The molecule has 0 aliphatic heterocycles. The second-order valence-electron chi connectivity index (χ2n) is 4.70. The molecule has 0 radical (unpaired) electrons. The fraction of sp³-hybridized carbons (Fsp3) is 0.0556. The molecule has 0 unspecified atom stereocenters. The van der Waals surface area contributed by atoms with Gasteiger partial charge in [-0.1, -0.05) is 72.8 Å². The van der Waals surface area contributed by atoms with Crippen molar-refractivity contribution in [1.29, 1.82) is 5.41 Å². The van der Waals surface area contributed by atoms with Gasteiger partial charge in [-0.25, -0.2) is 0 Å². The number of hydrogen-bond donors (Lipinski definition) is 2. The minimum Gasteiger partial charge on any atom is -0.382 e. The molecule has 2 rings (SSSR count). The molecule has 4 nitrogen and oxygen atoms in total. The van der Waals surface area contributed by atoms with Crippen molar-refractivity contribution in [2.24, 2.45) is 0 Å². The van der Waals surface area contributed by atoms with Crippen LogP contribution in [0.4, 0.5) is 5.82 Å². The quantitative estimate of drug-likeness (QED) is 0.630. The van der Waals surface area contributed by atoms with Crippen LogP contribution in [0.3, 0.4) is 0 Å². The summed E-state index contributed by atoms with van der Waals surface area (Å²) in [5.41, 5.74) is 8.49. The third-order valence-electron chi connectivity index (χ3n) is 3.25. The third-order valence-corrected chi connectivity index (χ3v) is 3.62. The van der Waals surface area contributed by atoms with Gasteiger partial charge in [0.1, 0.15) is 5.69 Å². The lowest BCUT2D eigenvalue weighted by atomic mass is 10.0. The molecule has 1 heterocycles. The number of benzene rings is 1. The van der Waals surface area contributed by atoms with Gasteiger partial charge in [0, 0.05) is 5.56 Å². The Labute approximate surface area is 140 Å². The van der Waals surface area contributed by atoms with Crippen molar-refractivity contribution in [1.82, 2.24) is 10.2 Å². The molecule has 0 saturated heterocycles. The largest absolute Gasteiger partial charge is 0.382 e. The van der Waals surface area contributed by atoms with Gasteiger partial charge < -0.3 is 5.73 Å². The van der Waals surface area contributed by atoms with Crippen LogP contribution in [0, 0.1) is 5.41 Å². The van der Waals surface area contributed by atoms with Gasteiger partial charge in [-0.2, -0.15) is 0 Å². The zero-order valence-corrected chi connectivity index (χ0v) is 13.5. The van der Waals surface area contributed by atoms with Crippen LogP contribution in [-0.2, 0) is 0 Å².